The van der Waals surface area contributed by atoms with Crippen LogP contribution in [0.1, 0.15) is 28.2 Å². The third-order valence-corrected chi connectivity index (χ3v) is 4.51. The van der Waals surface area contributed by atoms with Crippen LogP contribution in [0.15, 0.2) is 28.7 Å². The Labute approximate surface area is 138 Å². The van der Waals surface area contributed by atoms with Crippen LogP contribution >= 0.6 is 0 Å². The Morgan fingerprint density at radius 3 is 2.67 bits per heavy atom. The molecule has 1 aromatic carbocycles. The smallest absolute Gasteiger partial charge is 0.286 e. The fourth-order valence-electron chi connectivity index (χ4n) is 3.40. The zero-order chi connectivity index (χ0) is 16.8. The number of hydrogen-bond donors (Lipinski definition) is 2. The van der Waals surface area contributed by atoms with Gasteiger partial charge in [-0.3, -0.25) is 4.79 Å². The molecule has 0 fully saturated rings. The second kappa shape index (κ2) is 5.26. The number of aryl methyl sites for hydroxylation is 1. The molecular formula is C18H17N3O3. The van der Waals surface area contributed by atoms with E-state index in [4.69, 9.17) is 20.6 Å². The van der Waals surface area contributed by atoms with Crippen LogP contribution in [0.25, 0.3) is 22.2 Å². The topological polar surface area (TPSA) is 104 Å². The first-order chi connectivity index (χ1) is 11.6. The lowest BCUT2D eigenvalue weighted by atomic mass is 9.95. The zero-order valence-corrected chi connectivity index (χ0v) is 13.3. The van der Waals surface area contributed by atoms with Crippen molar-refractivity contribution in [1.82, 2.24) is 4.98 Å². The van der Waals surface area contributed by atoms with Crippen LogP contribution in [0.2, 0.25) is 0 Å². The SMILES string of the molecule is COc1ccc(-c2c3c(nc4oc(C(N)=O)c(N)c24)CCC3)cc1. The van der Waals surface area contributed by atoms with Crippen molar-refractivity contribution in [3.63, 3.8) is 0 Å². The summed E-state index contributed by atoms with van der Waals surface area (Å²) in [6.07, 6.45) is 2.86. The number of aromatic nitrogens is 1. The molecular weight excluding hydrogens is 306 g/mol. The van der Waals surface area contributed by atoms with E-state index >= 15 is 0 Å². The van der Waals surface area contributed by atoms with Crippen LogP contribution in [0.4, 0.5) is 5.69 Å². The summed E-state index contributed by atoms with van der Waals surface area (Å²) in [7, 11) is 1.63. The second-order valence-electron chi connectivity index (χ2n) is 5.88. The van der Waals surface area contributed by atoms with Gasteiger partial charge in [-0.2, -0.15) is 0 Å². The quantitative estimate of drug-likeness (QED) is 0.771. The van der Waals surface area contributed by atoms with Crippen molar-refractivity contribution < 1.29 is 13.9 Å². The maximum atomic E-state index is 11.6. The van der Waals surface area contributed by atoms with E-state index in [1.807, 2.05) is 24.3 Å². The molecule has 1 amide bonds. The summed E-state index contributed by atoms with van der Waals surface area (Å²) in [6.45, 7) is 0. The van der Waals surface area contributed by atoms with Gasteiger partial charge >= 0.3 is 0 Å². The lowest BCUT2D eigenvalue weighted by molar-refractivity contribution is 0.0977. The number of rotatable bonds is 3. The van der Waals surface area contributed by atoms with E-state index in [9.17, 15) is 4.79 Å². The molecule has 0 atom stereocenters. The number of carbonyl (C=O) groups excluding carboxylic acids is 1. The van der Waals surface area contributed by atoms with Gasteiger partial charge < -0.3 is 20.6 Å². The molecule has 0 aliphatic heterocycles. The number of pyridine rings is 1. The van der Waals surface area contributed by atoms with Gasteiger partial charge in [0.15, 0.2) is 0 Å². The first kappa shape index (κ1) is 14.6. The molecule has 6 heteroatoms. The molecule has 122 valence electrons. The van der Waals surface area contributed by atoms with Crippen LogP contribution in [-0.2, 0) is 12.8 Å². The molecule has 6 nitrogen and oxygen atoms in total. The predicted octanol–water partition coefficient (Wildman–Crippen LogP) is 2.67. The van der Waals surface area contributed by atoms with Gasteiger partial charge in [-0.05, 0) is 42.5 Å². The molecule has 0 saturated heterocycles. The van der Waals surface area contributed by atoms with Crippen molar-refractivity contribution >= 4 is 22.7 Å². The first-order valence-electron chi connectivity index (χ1n) is 7.78. The number of ether oxygens (including phenoxy) is 1. The average Bonchev–Trinajstić information content (AvgIpc) is 3.18. The summed E-state index contributed by atoms with van der Waals surface area (Å²) in [5.41, 5.74) is 16.3. The lowest BCUT2D eigenvalue weighted by Crippen LogP contribution is -2.11. The maximum absolute atomic E-state index is 11.6. The van der Waals surface area contributed by atoms with Gasteiger partial charge in [0.05, 0.1) is 18.2 Å². The third-order valence-electron chi connectivity index (χ3n) is 4.51. The largest absolute Gasteiger partial charge is 0.497 e. The molecule has 1 aliphatic carbocycles. The van der Waals surface area contributed by atoms with E-state index in [1.165, 1.54) is 0 Å². The van der Waals surface area contributed by atoms with Gasteiger partial charge in [0.25, 0.3) is 5.91 Å². The Hall–Kier alpha value is -3.02. The van der Waals surface area contributed by atoms with E-state index in [0.29, 0.717) is 11.1 Å². The fourth-order valence-corrected chi connectivity index (χ4v) is 3.40. The van der Waals surface area contributed by atoms with Gasteiger partial charge in [0.1, 0.15) is 5.75 Å². The molecule has 0 spiro atoms. The maximum Gasteiger partial charge on any atom is 0.286 e. The molecule has 24 heavy (non-hydrogen) atoms. The Bertz CT molecular complexity index is 958. The number of primary amides is 1. The lowest BCUT2D eigenvalue weighted by Gasteiger charge is -2.11. The van der Waals surface area contributed by atoms with E-state index in [-0.39, 0.29) is 11.4 Å². The number of benzene rings is 1. The number of amides is 1. The molecule has 3 aromatic rings. The number of nitrogen functional groups attached to an aromatic ring is 1. The van der Waals surface area contributed by atoms with Gasteiger partial charge in [0, 0.05) is 11.3 Å². The van der Waals surface area contributed by atoms with Crippen molar-refractivity contribution in [1.29, 1.82) is 0 Å². The summed E-state index contributed by atoms with van der Waals surface area (Å²) < 4.78 is 10.8. The monoisotopic (exact) mass is 323 g/mol. The molecule has 2 aromatic heterocycles. The minimum Gasteiger partial charge on any atom is -0.497 e. The molecule has 0 unspecified atom stereocenters. The van der Waals surface area contributed by atoms with Crippen LogP contribution < -0.4 is 16.2 Å². The van der Waals surface area contributed by atoms with Crippen molar-refractivity contribution in [2.24, 2.45) is 5.73 Å². The van der Waals surface area contributed by atoms with Gasteiger partial charge in [-0.15, -0.1) is 0 Å². The molecule has 0 radical (unpaired) electrons. The minimum atomic E-state index is -0.689. The molecule has 0 saturated carbocycles. The van der Waals surface area contributed by atoms with Crippen molar-refractivity contribution in [2.45, 2.75) is 19.3 Å². The van der Waals surface area contributed by atoms with Gasteiger partial charge in [-0.25, -0.2) is 4.98 Å². The predicted molar refractivity (Wildman–Crippen MR) is 91.0 cm³/mol. The normalized spacial score (nSPS) is 13.2. The standard InChI is InChI=1S/C18H17N3O3/c1-23-10-7-5-9(6-8-10)13-11-3-2-4-12(11)21-18-14(13)15(19)16(24-18)17(20)22/h5-8H,2-4,19H2,1H3,(H2,20,22). The van der Waals surface area contributed by atoms with Crippen LogP contribution in [-0.4, -0.2) is 18.0 Å². The molecule has 4 N–H and O–H groups in total. The molecule has 1 aliphatic rings. The number of nitrogens with two attached hydrogens (primary N) is 2. The highest BCUT2D eigenvalue weighted by atomic mass is 16.5. The van der Waals surface area contributed by atoms with Crippen LogP contribution in [0.3, 0.4) is 0 Å². The molecule has 0 bridgehead atoms. The highest BCUT2D eigenvalue weighted by molar-refractivity contribution is 6.10. The number of hydrogen-bond acceptors (Lipinski definition) is 5. The Morgan fingerprint density at radius 2 is 2.00 bits per heavy atom. The van der Waals surface area contributed by atoms with E-state index < -0.39 is 5.91 Å². The summed E-state index contributed by atoms with van der Waals surface area (Å²) in [5, 5.41) is 0.662. The van der Waals surface area contributed by atoms with Crippen molar-refractivity contribution in [3.8, 4) is 16.9 Å². The minimum absolute atomic E-state index is 0.0315. The summed E-state index contributed by atoms with van der Waals surface area (Å²) in [6, 6.07) is 7.74. The number of methoxy groups -OCH3 is 1. The Balaban J connectivity index is 2.06. The molecule has 4 rings (SSSR count). The number of fused-ring (bicyclic) bond motifs is 2. The van der Waals surface area contributed by atoms with E-state index in [0.717, 1.165) is 47.4 Å². The van der Waals surface area contributed by atoms with Gasteiger partial charge in [-0.1, -0.05) is 12.1 Å². The second-order valence-corrected chi connectivity index (χ2v) is 5.88. The van der Waals surface area contributed by atoms with Gasteiger partial charge in [0.2, 0.25) is 11.5 Å². The highest BCUT2D eigenvalue weighted by Crippen LogP contribution is 2.42. The zero-order valence-electron chi connectivity index (χ0n) is 13.3. The number of furan rings is 1. The average molecular weight is 323 g/mol. The molecule has 2 heterocycles. The summed E-state index contributed by atoms with van der Waals surface area (Å²) in [4.78, 5) is 16.1. The Morgan fingerprint density at radius 1 is 1.25 bits per heavy atom. The fraction of sp³-hybridized carbons (Fsp3) is 0.222. The summed E-state index contributed by atoms with van der Waals surface area (Å²) in [5.74, 6) is 0.0564. The number of nitrogens with zero attached hydrogens (tertiary/aromatic N) is 1. The summed E-state index contributed by atoms with van der Waals surface area (Å²) >= 11 is 0. The van der Waals surface area contributed by atoms with Crippen LogP contribution in [0, 0.1) is 0 Å². The number of carbonyl (C=O) groups is 1. The van der Waals surface area contributed by atoms with E-state index in [1.54, 1.807) is 7.11 Å². The van der Waals surface area contributed by atoms with Crippen molar-refractivity contribution in [2.75, 3.05) is 12.8 Å². The first-order valence-corrected chi connectivity index (χ1v) is 7.78. The highest BCUT2D eigenvalue weighted by Gasteiger charge is 2.27. The number of anilines is 1. The van der Waals surface area contributed by atoms with E-state index in [2.05, 4.69) is 4.98 Å². The van der Waals surface area contributed by atoms with Crippen molar-refractivity contribution in [3.05, 3.63) is 41.3 Å². The third kappa shape index (κ3) is 2.03. The van der Waals surface area contributed by atoms with Crippen LogP contribution in [0.5, 0.6) is 5.75 Å². The Kier molecular flexibility index (Phi) is 3.19.